The van der Waals surface area contributed by atoms with Crippen molar-refractivity contribution < 1.29 is 24.4 Å². The third kappa shape index (κ3) is 5.45. The molecule has 2 amide bonds. The second kappa shape index (κ2) is 9.02. The summed E-state index contributed by atoms with van der Waals surface area (Å²) in [6, 6.07) is 2.85. The number of hydrogen-bond donors (Lipinski definition) is 2. The number of amides is 2. The number of carboxylic acid groups (broad SMARTS) is 1. The molecule has 0 heterocycles. The highest BCUT2D eigenvalue weighted by Crippen LogP contribution is 2.28. The molecule has 9 nitrogen and oxygen atoms in total. The third-order valence-electron chi connectivity index (χ3n) is 3.43. The SMILES string of the molecule is CSc1ccc(C(=O)N(CCNC(C)=O)C(C)C(=O)O)cc1[N+](=O)[O-]. The van der Waals surface area contributed by atoms with Gasteiger partial charge in [-0.05, 0) is 25.3 Å². The number of carbonyl (C=O) groups is 3. The van der Waals surface area contributed by atoms with E-state index in [1.165, 1.54) is 37.7 Å². The highest BCUT2D eigenvalue weighted by atomic mass is 32.2. The Hall–Kier alpha value is -2.62. The number of thioether (sulfide) groups is 1. The molecular weight excluding hydrogens is 350 g/mol. The van der Waals surface area contributed by atoms with Gasteiger partial charge in [0.15, 0.2) is 0 Å². The Balaban J connectivity index is 3.15. The molecule has 0 aliphatic heterocycles. The van der Waals surface area contributed by atoms with Gasteiger partial charge in [-0.25, -0.2) is 4.79 Å². The molecule has 10 heteroatoms. The minimum absolute atomic E-state index is 0.0143. The van der Waals surface area contributed by atoms with Crippen molar-refractivity contribution >= 4 is 35.2 Å². The fourth-order valence-corrected chi connectivity index (χ4v) is 2.64. The van der Waals surface area contributed by atoms with Gasteiger partial charge < -0.3 is 15.3 Å². The van der Waals surface area contributed by atoms with Crippen LogP contribution in [-0.4, -0.2) is 58.1 Å². The van der Waals surface area contributed by atoms with Crippen molar-refractivity contribution in [1.29, 1.82) is 0 Å². The molecule has 1 rings (SSSR count). The Labute approximate surface area is 148 Å². The summed E-state index contributed by atoms with van der Waals surface area (Å²) >= 11 is 1.17. The largest absolute Gasteiger partial charge is 0.480 e. The van der Waals surface area contributed by atoms with Gasteiger partial charge in [-0.3, -0.25) is 19.7 Å². The molecule has 0 fully saturated rings. The maximum absolute atomic E-state index is 12.7. The Morgan fingerprint density at radius 3 is 2.52 bits per heavy atom. The first-order valence-corrected chi connectivity index (χ1v) is 8.52. The lowest BCUT2D eigenvalue weighted by Crippen LogP contribution is -2.46. The van der Waals surface area contributed by atoms with Gasteiger partial charge in [0.1, 0.15) is 6.04 Å². The van der Waals surface area contributed by atoms with E-state index in [4.69, 9.17) is 0 Å². The van der Waals surface area contributed by atoms with E-state index in [1.54, 1.807) is 6.26 Å². The van der Waals surface area contributed by atoms with Crippen LogP contribution in [0.4, 0.5) is 5.69 Å². The number of benzene rings is 1. The molecule has 1 atom stereocenters. The van der Waals surface area contributed by atoms with Crippen molar-refractivity contribution in [1.82, 2.24) is 10.2 Å². The van der Waals surface area contributed by atoms with Crippen LogP contribution < -0.4 is 5.32 Å². The molecule has 0 aromatic heterocycles. The topological polar surface area (TPSA) is 130 Å². The van der Waals surface area contributed by atoms with Crippen molar-refractivity contribution in [2.45, 2.75) is 24.8 Å². The van der Waals surface area contributed by atoms with E-state index in [0.29, 0.717) is 4.90 Å². The second-order valence-corrected chi connectivity index (χ2v) is 5.99. The normalized spacial score (nSPS) is 11.5. The van der Waals surface area contributed by atoms with Gasteiger partial charge in [0.05, 0.1) is 9.82 Å². The average molecular weight is 369 g/mol. The van der Waals surface area contributed by atoms with Crippen LogP contribution in [0.15, 0.2) is 23.1 Å². The lowest BCUT2D eigenvalue weighted by Gasteiger charge is -2.26. The standard InChI is InChI=1S/C15H19N3O6S/c1-9(15(21)22)17(7-6-16-10(2)19)14(20)11-4-5-13(25-3)12(8-11)18(23)24/h4-5,8-9H,6-7H2,1-3H3,(H,16,19)(H,21,22). The van der Waals surface area contributed by atoms with Crippen molar-refractivity contribution in [3.63, 3.8) is 0 Å². The van der Waals surface area contributed by atoms with Gasteiger partial charge >= 0.3 is 5.97 Å². The molecule has 25 heavy (non-hydrogen) atoms. The van der Waals surface area contributed by atoms with E-state index >= 15 is 0 Å². The Kier molecular flexibility index (Phi) is 7.37. The van der Waals surface area contributed by atoms with Crippen LogP contribution in [-0.2, 0) is 9.59 Å². The molecule has 2 N–H and O–H groups in total. The van der Waals surface area contributed by atoms with Crippen LogP contribution in [0.3, 0.4) is 0 Å². The summed E-state index contributed by atoms with van der Waals surface area (Å²) in [5.74, 6) is -2.18. The number of rotatable bonds is 8. The predicted octanol–water partition coefficient (Wildman–Crippen LogP) is 1.37. The lowest BCUT2D eigenvalue weighted by atomic mass is 10.1. The maximum Gasteiger partial charge on any atom is 0.326 e. The molecule has 1 aromatic rings. The summed E-state index contributed by atoms with van der Waals surface area (Å²) < 4.78 is 0. The fourth-order valence-electron chi connectivity index (χ4n) is 2.09. The predicted molar refractivity (Wildman–Crippen MR) is 91.7 cm³/mol. The third-order valence-corrected chi connectivity index (χ3v) is 4.22. The average Bonchev–Trinajstić information content (AvgIpc) is 2.56. The smallest absolute Gasteiger partial charge is 0.326 e. The van der Waals surface area contributed by atoms with Gasteiger partial charge in [-0.1, -0.05) is 0 Å². The van der Waals surface area contributed by atoms with E-state index in [1.807, 2.05) is 0 Å². The zero-order chi connectivity index (χ0) is 19.1. The van der Waals surface area contributed by atoms with Crippen molar-refractivity contribution in [2.24, 2.45) is 0 Å². The molecular formula is C15H19N3O6S. The monoisotopic (exact) mass is 369 g/mol. The Morgan fingerprint density at radius 2 is 2.04 bits per heavy atom. The first-order chi connectivity index (χ1) is 11.7. The van der Waals surface area contributed by atoms with Crippen molar-refractivity contribution in [3.8, 4) is 0 Å². The number of carboxylic acids is 1. The highest BCUT2D eigenvalue weighted by molar-refractivity contribution is 7.98. The van der Waals surface area contributed by atoms with Crippen molar-refractivity contribution in [2.75, 3.05) is 19.3 Å². The minimum atomic E-state index is -1.22. The number of aliphatic carboxylic acids is 1. The van der Waals surface area contributed by atoms with Crippen LogP contribution in [0.25, 0.3) is 0 Å². The summed E-state index contributed by atoms with van der Waals surface area (Å²) in [4.78, 5) is 46.9. The fraction of sp³-hybridized carbons (Fsp3) is 0.400. The van der Waals surface area contributed by atoms with E-state index < -0.39 is 22.8 Å². The van der Waals surface area contributed by atoms with E-state index in [9.17, 15) is 29.6 Å². The molecule has 0 spiro atoms. The van der Waals surface area contributed by atoms with Gasteiger partial charge in [0.2, 0.25) is 5.91 Å². The number of nitro benzene ring substituents is 1. The Bertz CT molecular complexity index is 694. The molecule has 136 valence electrons. The quantitative estimate of drug-likeness (QED) is 0.402. The van der Waals surface area contributed by atoms with E-state index in [2.05, 4.69) is 5.32 Å². The van der Waals surface area contributed by atoms with Crippen LogP contribution in [0, 0.1) is 10.1 Å². The molecule has 0 saturated carbocycles. The lowest BCUT2D eigenvalue weighted by molar-refractivity contribution is -0.387. The highest BCUT2D eigenvalue weighted by Gasteiger charge is 2.27. The van der Waals surface area contributed by atoms with Crippen LogP contribution in [0.5, 0.6) is 0 Å². The molecule has 0 radical (unpaired) electrons. The summed E-state index contributed by atoms with van der Waals surface area (Å²) in [5.41, 5.74) is -0.205. The number of nitro groups is 1. The number of nitrogens with zero attached hydrogens (tertiary/aromatic N) is 2. The second-order valence-electron chi connectivity index (χ2n) is 5.14. The van der Waals surface area contributed by atoms with E-state index in [0.717, 1.165) is 11.0 Å². The Morgan fingerprint density at radius 1 is 1.40 bits per heavy atom. The summed E-state index contributed by atoms with van der Waals surface area (Å²) in [7, 11) is 0. The molecule has 0 saturated heterocycles. The van der Waals surface area contributed by atoms with Gasteiger partial charge in [-0.15, -0.1) is 11.8 Å². The first kappa shape index (κ1) is 20.4. The van der Waals surface area contributed by atoms with Crippen LogP contribution >= 0.6 is 11.8 Å². The maximum atomic E-state index is 12.7. The van der Waals surface area contributed by atoms with Crippen LogP contribution in [0.2, 0.25) is 0 Å². The van der Waals surface area contributed by atoms with Crippen LogP contribution in [0.1, 0.15) is 24.2 Å². The zero-order valence-electron chi connectivity index (χ0n) is 14.0. The summed E-state index contributed by atoms with van der Waals surface area (Å²) in [6.45, 7) is 2.67. The number of nitrogens with one attached hydrogen (secondary N) is 1. The van der Waals surface area contributed by atoms with Gasteiger partial charge in [0, 0.05) is 31.6 Å². The van der Waals surface area contributed by atoms with Gasteiger partial charge in [0.25, 0.3) is 11.6 Å². The number of carbonyl (C=O) groups excluding carboxylic acids is 2. The van der Waals surface area contributed by atoms with E-state index in [-0.39, 0.29) is 30.2 Å². The molecule has 0 aliphatic rings. The molecule has 0 aliphatic carbocycles. The zero-order valence-corrected chi connectivity index (χ0v) is 14.8. The first-order valence-electron chi connectivity index (χ1n) is 7.29. The molecule has 1 aromatic carbocycles. The number of hydrogen-bond acceptors (Lipinski definition) is 6. The minimum Gasteiger partial charge on any atom is -0.480 e. The molecule has 1 unspecified atom stereocenters. The van der Waals surface area contributed by atoms with Gasteiger partial charge in [-0.2, -0.15) is 0 Å². The summed E-state index contributed by atoms with van der Waals surface area (Å²) in [5, 5.41) is 22.8. The summed E-state index contributed by atoms with van der Waals surface area (Å²) in [6.07, 6.45) is 1.68. The molecule has 0 bridgehead atoms. The van der Waals surface area contributed by atoms with Crippen molar-refractivity contribution in [3.05, 3.63) is 33.9 Å².